The van der Waals surface area contributed by atoms with Gasteiger partial charge in [0.05, 0.1) is 11.6 Å². The molecular formula is C21H22ClN3. The molecule has 1 atom stereocenters. The van der Waals surface area contributed by atoms with E-state index in [1.54, 1.807) is 11.3 Å². The number of anilines is 1. The maximum absolute atomic E-state index is 6.02. The first kappa shape index (κ1) is 15.3. The molecule has 0 spiro atoms. The molecule has 0 bridgehead atoms. The second kappa shape index (κ2) is 6.08. The van der Waals surface area contributed by atoms with Crippen molar-refractivity contribution >= 4 is 28.2 Å². The summed E-state index contributed by atoms with van der Waals surface area (Å²) in [4.78, 5) is 0. The molecule has 2 aliphatic heterocycles. The van der Waals surface area contributed by atoms with Crippen molar-refractivity contribution in [2.45, 2.75) is 31.8 Å². The average molecular weight is 352 g/mol. The van der Waals surface area contributed by atoms with E-state index in [2.05, 4.69) is 45.5 Å². The topological polar surface area (TPSA) is 29.0 Å². The number of fused-ring (bicyclic) bond motifs is 3. The highest BCUT2D eigenvalue weighted by molar-refractivity contribution is 6.30. The van der Waals surface area contributed by atoms with Crippen LogP contribution in [0.4, 0.5) is 5.69 Å². The van der Waals surface area contributed by atoms with E-state index in [0.717, 1.165) is 49.6 Å². The largest absolute Gasteiger partial charge is 0.378 e. The van der Waals surface area contributed by atoms with Crippen molar-refractivity contribution in [3.63, 3.8) is 0 Å². The molecule has 2 N–H and O–H groups in total. The molecule has 0 fully saturated rings. The van der Waals surface area contributed by atoms with Gasteiger partial charge in [0.2, 0.25) is 0 Å². The Labute approximate surface area is 153 Å². The fourth-order valence-electron chi connectivity index (χ4n) is 4.51. The minimum atomic E-state index is 0.356. The number of halogens is 1. The minimum absolute atomic E-state index is 0.356. The van der Waals surface area contributed by atoms with Gasteiger partial charge in [0.25, 0.3) is 0 Å². The standard InChI is InChI=1S/C21H22ClN3/c22-14-4-6-15(7-5-14)24-19-10-13-25-20-9-12-23-11-8-16(20)17-2-1-3-18(19)21(17)25/h1-7,19,23-24H,8-13H2. The number of hydrogen-bond acceptors (Lipinski definition) is 2. The van der Waals surface area contributed by atoms with E-state index < -0.39 is 0 Å². The molecular weight excluding hydrogens is 330 g/mol. The van der Waals surface area contributed by atoms with Gasteiger partial charge in [-0.05, 0) is 54.8 Å². The van der Waals surface area contributed by atoms with Crippen LogP contribution in [0.2, 0.25) is 5.02 Å². The Morgan fingerprint density at radius 3 is 2.76 bits per heavy atom. The lowest BCUT2D eigenvalue weighted by molar-refractivity contribution is 0.553. The quantitative estimate of drug-likeness (QED) is 0.709. The summed E-state index contributed by atoms with van der Waals surface area (Å²) in [6, 6.07) is 15.2. The Morgan fingerprint density at radius 1 is 1.04 bits per heavy atom. The van der Waals surface area contributed by atoms with Crippen LogP contribution in [0.25, 0.3) is 10.9 Å². The van der Waals surface area contributed by atoms with Gasteiger partial charge in [0.1, 0.15) is 0 Å². The fraction of sp³-hybridized carbons (Fsp3) is 0.333. The predicted octanol–water partition coefficient (Wildman–Crippen LogP) is 4.54. The average Bonchev–Trinajstić information content (AvgIpc) is 2.80. The molecule has 5 rings (SSSR count). The summed E-state index contributed by atoms with van der Waals surface area (Å²) in [5.74, 6) is 0. The summed E-state index contributed by atoms with van der Waals surface area (Å²) in [6.45, 7) is 3.27. The molecule has 1 aromatic heterocycles. The van der Waals surface area contributed by atoms with Gasteiger partial charge in [0, 0.05) is 41.3 Å². The molecule has 3 aromatic rings. The Balaban J connectivity index is 1.59. The third kappa shape index (κ3) is 2.54. The van der Waals surface area contributed by atoms with Gasteiger partial charge in [0.15, 0.2) is 0 Å². The monoisotopic (exact) mass is 351 g/mol. The maximum atomic E-state index is 6.02. The first-order valence-corrected chi connectivity index (χ1v) is 9.55. The van der Waals surface area contributed by atoms with E-state index in [4.69, 9.17) is 11.6 Å². The van der Waals surface area contributed by atoms with Crippen molar-refractivity contribution < 1.29 is 0 Å². The highest BCUT2D eigenvalue weighted by atomic mass is 35.5. The molecule has 4 heteroatoms. The second-order valence-electron chi connectivity index (χ2n) is 7.06. The zero-order valence-corrected chi connectivity index (χ0v) is 14.9. The highest BCUT2D eigenvalue weighted by Gasteiger charge is 2.27. The van der Waals surface area contributed by atoms with E-state index >= 15 is 0 Å². The molecule has 128 valence electrons. The number of rotatable bonds is 2. The van der Waals surface area contributed by atoms with Gasteiger partial charge in [-0.25, -0.2) is 0 Å². The van der Waals surface area contributed by atoms with E-state index in [1.807, 2.05) is 12.1 Å². The zero-order chi connectivity index (χ0) is 16.8. The van der Waals surface area contributed by atoms with Crippen LogP contribution >= 0.6 is 11.6 Å². The van der Waals surface area contributed by atoms with Crippen molar-refractivity contribution in [2.24, 2.45) is 0 Å². The molecule has 0 saturated heterocycles. The molecule has 3 nitrogen and oxygen atoms in total. The maximum Gasteiger partial charge on any atom is 0.0551 e. The Hall–Kier alpha value is -1.97. The Kier molecular flexibility index (Phi) is 3.72. The van der Waals surface area contributed by atoms with Gasteiger partial charge < -0.3 is 15.2 Å². The SMILES string of the molecule is Clc1ccc(NC2CCn3c4c(c5cccc2c53)CCNCC4)cc1. The van der Waals surface area contributed by atoms with Crippen LogP contribution in [0.15, 0.2) is 42.5 Å². The van der Waals surface area contributed by atoms with Crippen LogP contribution in [-0.2, 0) is 19.4 Å². The van der Waals surface area contributed by atoms with Crippen LogP contribution in [0, 0.1) is 0 Å². The minimum Gasteiger partial charge on any atom is -0.378 e. The van der Waals surface area contributed by atoms with Gasteiger partial charge in [-0.15, -0.1) is 0 Å². The summed E-state index contributed by atoms with van der Waals surface area (Å²) < 4.78 is 2.59. The third-order valence-electron chi connectivity index (χ3n) is 5.63. The third-order valence-corrected chi connectivity index (χ3v) is 5.88. The predicted molar refractivity (Wildman–Crippen MR) is 105 cm³/mol. The molecule has 1 unspecified atom stereocenters. The van der Waals surface area contributed by atoms with E-state index in [1.165, 1.54) is 16.5 Å². The second-order valence-corrected chi connectivity index (χ2v) is 7.50. The van der Waals surface area contributed by atoms with E-state index in [-0.39, 0.29) is 0 Å². The molecule has 3 heterocycles. The number of nitrogens with one attached hydrogen (secondary N) is 2. The van der Waals surface area contributed by atoms with Gasteiger partial charge in [-0.1, -0.05) is 29.8 Å². The van der Waals surface area contributed by atoms with Crippen molar-refractivity contribution in [1.29, 1.82) is 0 Å². The summed E-state index contributed by atoms with van der Waals surface area (Å²) in [5, 5.41) is 9.49. The molecule has 0 radical (unpaired) electrons. The van der Waals surface area contributed by atoms with Crippen molar-refractivity contribution in [1.82, 2.24) is 9.88 Å². The number of benzene rings is 2. The normalized spacial score (nSPS) is 19.5. The smallest absolute Gasteiger partial charge is 0.0551 e. The number of hydrogen-bond donors (Lipinski definition) is 2. The van der Waals surface area contributed by atoms with Crippen LogP contribution in [-0.4, -0.2) is 17.7 Å². The summed E-state index contributed by atoms with van der Waals surface area (Å²) in [6.07, 6.45) is 3.39. The van der Waals surface area contributed by atoms with Crippen LogP contribution in [0.5, 0.6) is 0 Å². The number of aromatic nitrogens is 1. The summed E-state index contributed by atoms with van der Waals surface area (Å²) >= 11 is 6.02. The van der Waals surface area contributed by atoms with Gasteiger partial charge in [-0.2, -0.15) is 0 Å². The molecule has 0 amide bonds. The highest BCUT2D eigenvalue weighted by Crippen LogP contribution is 2.39. The van der Waals surface area contributed by atoms with Gasteiger partial charge in [-0.3, -0.25) is 0 Å². The molecule has 0 aliphatic carbocycles. The fourth-order valence-corrected chi connectivity index (χ4v) is 4.63. The number of para-hydroxylation sites is 1. The van der Waals surface area contributed by atoms with E-state index in [9.17, 15) is 0 Å². The Morgan fingerprint density at radius 2 is 1.88 bits per heavy atom. The molecule has 2 aromatic carbocycles. The summed E-state index contributed by atoms with van der Waals surface area (Å²) in [5.41, 5.74) is 7.13. The molecule has 25 heavy (non-hydrogen) atoms. The van der Waals surface area contributed by atoms with Crippen LogP contribution in [0.1, 0.15) is 29.3 Å². The lowest BCUT2D eigenvalue weighted by Gasteiger charge is -2.28. The zero-order valence-electron chi connectivity index (χ0n) is 14.2. The first-order chi connectivity index (χ1) is 12.3. The lowest BCUT2D eigenvalue weighted by atomic mass is 9.97. The molecule has 0 saturated carbocycles. The van der Waals surface area contributed by atoms with E-state index in [0.29, 0.717) is 6.04 Å². The van der Waals surface area contributed by atoms with Crippen molar-refractivity contribution in [3.8, 4) is 0 Å². The van der Waals surface area contributed by atoms with Crippen LogP contribution in [0.3, 0.4) is 0 Å². The van der Waals surface area contributed by atoms with Crippen molar-refractivity contribution in [2.75, 3.05) is 18.4 Å². The van der Waals surface area contributed by atoms with Gasteiger partial charge >= 0.3 is 0 Å². The summed E-state index contributed by atoms with van der Waals surface area (Å²) in [7, 11) is 0. The first-order valence-electron chi connectivity index (χ1n) is 9.17. The number of aryl methyl sites for hydroxylation is 1. The van der Waals surface area contributed by atoms with Crippen molar-refractivity contribution in [3.05, 3.63) is 64.3 Å². The Bertz CT molecular complexity index is 926. The lowest BCUT2D eigenvalue weighted by Crippen LogP contribution is -2.21. The van der Waals surface area contributed by atoms with Crippen LogP contribution < -0.4 is 10.6 Å². The number of nitrogens with zero attached hydrogens (tertiary/aromatic N) is 1. The molecule has 2 aliphatic rings.